The van der Waals surface area contributed by atoms with Crippen LogP contribution in [-0.4, -0.2) is 52.4 Å². The number of ether oxygens (including phenoxy) is 1. The second kappa shape index (κ2) is 11.0. The van der Waals surface area contributed by atoms with E-state index in [9.17, 15) is 9.90 Å². The van der Waals surface area contributed by atoms with Gasteiger partial charge in [-0.25, -0.2) is 0 Å². The highest BCUT2D eigenvalue weighted by molar-refractivity contribution is 5.73. The Morgan fingerprint density at radius 3 is 2.67 bits per heavy atom. The van der Waals surface area contributed by atoms with Crippen molar-refractivity contribution in [3.63, 3.8) is 0 Å². The number of methoxy groups -OCH3 is 1. The van der Waals surface area contributed by atoms with Gasteiger partial charge < -0.3 is 14.4 Å². The number of carboxylic acids is 1. The van der Waals surface area contributed by atoms with Crippen molar-refractivity contribution in [2.75, 3.05) is 20.3 Å². The molecule has 0 amide bonds. The second-order valence-corrected chi connectivity index (χ2v) is 9.80. The summed E-state index contributed by atoms with van der Waals surface area (Å²) in [5, 5.41) is 13.5. The first kappa shape index (κ1) is 25.5. The summed E-state index contributed by atoms with van der Waals surface area (Å²) in [7, 11) is 1.72. The Morgan fingerprint density at radius 2 is 1.97 bits per heavy atom. The third-order valence-corrected chi connectivity index (χ3v) is 6.59. The van der Waals surface area contributed by atoms with Crippen molar-refractivity contribution in [1.82, 2.24) is 15.0 Å². The lowest BCUT2D eigenvalue weighted by Gasteiger charge is -2.36. The highest BCUT2D eigenvalue weighted by Gasteiger charge is 2.35. The summed E-state index contributed by atoms with van der Waals surface area (Å²) in [4.78, 5) is 17.8. The maximum absolute atomic E-state index is 11.2. The van der Waals surface area contributed by atoms with E-state index < -0.39 is 5.97 Å². The molecule has 7 nitrogen and oxygen atoms in total. The van der Waals surface area contributed by atoms with E-state index in [0.29, 0.717) is 24.9 Å². The van der Waals surface area contributed by atoms with Crippen molar-refractivity contribution >= 4 is 11.5 Å². The van der Waals surface area contributed by atoms with Gasteiger partial charge in [-0.3, -0.25) is 9.69 Å². The Labute approximate surface area is 212 Å². The lowest BCUT2D eigenvalue weighted by atomic mass is 9.70. The summed E-state index contributed by atoms with van der Waals surface area (Å²) in [5.41, 5.74) is 3.63. The summed E-state index contributed by atoms with van der Waals surface area (Å²) < 4.78 is 11.3. The van der Waals surface area contributed by atoms with Gasteiger partial charge in [0.1, 0.15) is 0 Å². The van der Waals surface area contributed by atoms with E-state index in [1.54, 1.807) is 7.11 Å². The molecule has 1 N–H and O–H groups in total. The van der Waals surface area contributed by atoms with Gasteiger partial charge in [0.05, 0.1) is 13.2 Å². The molecule has 0 fully saturated rings. The van der Waals surface area contributed by atoms with E-state index in [0.717, 1.165) is 16.7 Å². The number of aliphatic carboxylic acids is 1. The van der Waals surface area contributed by atoms with E-state index in [4.69, 9.17) is 9.26 Å². The smallest absolute Gasteiger partial charge is 0.317 e. The van der Waals surface area contributed by atoms with Crippen LogP contribution in [0.4, 0.5) is 0 Å². The number of carbonyl (C=O) groups is 1. The predicted molar refractivity (Wildman–Crippen MR) is 139 cm³/mol. The summed E-state index contributed by atoms with van der Waals surface area (Å²) in [6.45, 7) is 7.21. The van der Waals surface area contributed by atoms with E-state index in [-0.39, 0.29) is 23.9 Å². The minimum absolute atomic E-state index is 0.0149. The number of allylic oxidation sites excluding steroid dienone is 3. The zero-order valence-corrected chi connectivity index (χ0v) is 21.2. The third-order valence-electron chi connectivity index (χ3n) is 6.59. The van der Waals surface area contributed by atoms with Crippen LogP contribution in [0.15, 0.2) is 77.3 Å². The minimum atomic E-state index is -0.841. The van der Waals surface area contributed by atoms with Gasteiger partial charge in [0.15, 0.2) is 0 Å². The monoisotopic (exact) mass is 487 g/mol. The van der Waals surface area contributed by atoms with Gasteiger partial charge >= 0.3 is 5.97 Å². The van der Waals surface area contributed by atoms with Crippen molar-refractivity contribution in [2.24, 2.45) is 5.41 Å². The van der Waals surface area contributed by atoms with Gasteiger partial charge in [0.25, 0.3) is 5.89 Å². The van der Waals surface area contributed by atoms with E-state index in [2.05, 4.69) is 53.5 Å². The number of hydrogen-bond acceptors (Lipinski definition) is 6. The lowest BCUT2D eigenvalue weighted by molar-refractivity contribution is -0.138. The van der Waals surface area contributed by atoms with Crippen molar-refractivity contribution in [3.05, 3.63) is 89.8 Å². The van der Waals surface area contributed by atoms with Gasteiger partial charge in [-0.05, 0) is 31.0 Å². The molecular weight excluding hydrogens is 454 g/mol. The summed E-state index contributed by atoms with van der Waals surface area (Å²) >= 11 is 0. The number of benzene rings is 2. The molecule has 2 unspecified atom stereocenters. The number of rotatable bonds is 10. The molecule has 2 atom stereocenters. The molecule has 0 bridgehead atoms. The van der Waals surface area contributed by atoms with Gasteiger partial charge in [0, 0.05) is 42.2 Å². The SMILES string of the molecule is COCC1(C)C=C(c2nc(-c3cccc(CN(CC(=O)O)C(C)C)c3)no2)C=CC1c1ccccc1. The lowest BCUT2D eigenvalue weighted by Crippen LogP contribution is -2.35. The van der Waals surface area contributed by atoms with Crippen LogP contribution in [0.1, 0.15) is 43.7 Å². The molecule has 0 saturated heterocycles. The Kier molecular flexibility index (Phi) is 7.82. The molecule has 0 saturated carbocycles. The van der Waals surface area contributed by atoms with Gasteiger partial charge in [0.2, 0.25) is 5.82 Å². The van der Waals surface area contributed by atoms with Crippen molar-refractivity contribution in [3.8, 4) is 11.4 Å². The maximum Gasteiger partial charge on any atom is 0.317 e. The van der Waals surface area contributed by atoms with Gasteiger partial charge in [-0.15, -0.1) is 0 Å². The van der Waals surface area contributed by atoms with E-state index >= 15 is 0 Å². The zero-order valence-electron chi connectivity index (χ0n) is 21.2. The fourth-order valence-corrected chi connectivity index (χ4v) is 4.74. The van der Waals surface area contributed by atoms with Crippen LogP contribution in [0.25, 0.3) is 17.0 Å². The molecule has 0 aliphatic heterocycles. The Hall–Kier alpha value is -3.55. The number of aromatic nitrogens is 2. The van der Waals surface area contributed by atoms with Gasteiger partial charge in [-0.2, -0.15) is 4.98 Å². The molecule has 1 heterocycles. The fraction of sp³-hybridized carbons (Fsp3) is 0.345. The first-order valence-corrected chi connectivity index (χ1v) is 12.1. The average Bonchev–Trinajstić information content (AvgIpc) is 3.34. The quantitative estimate of drug-likeness (QED) is 0.408. The largest absolute Gasteiger partial charge is 0.480 e. The normalized spacial score (nSPS) is 19.6. The van der Waals surface area contributed by atoms with Crippen LogP contribution >= 0.6 is 0 Å². The van der Waals surface area contributed by atoms with E-state index in [1.807, 2.05) is 55.2 Å². The number of hydrogen-bond donors (Lipinski definition) is 1. The third kappa shape index (κ3) is 5.80. The van der Waals surface area contributed by atoms with Crippen LogP contribution in [-0.2, 0) is 16.1 Å². The molecule has 188 valence electrons. The minimum Gasteiger partial charge on any atom is -0.480 e. The molecule has 3 aromatic rings. The van der Waals surface area contributed by atoms with Crippen LogP contribution in [0, 0.1) is 5.41 Å². The summed E-state index contributed by atoms with van der Waals surface area (Å²) in [6.07, 6.45) is 6.38. The van der Waals surface area contributed by atoms with Crippen molar-refractivity contribution < 1.29 is 19.2 Å². The first-order valence-electron chi connectivity index (χ1n) is 12.1. The van der Waals surface area contributed by atoms with Crippen LogP contribution in [0.3, 0.4) is 0 Å². The molecule has 1 aliphatic rings. The zero-order chi connectivity index (χ0) is 25.7. The molecule has 7 heteroatoms. The highest BCUT2D eigenvalue weighted by atomic mass is 16.5. The fourth-order valence-electron chi connectivity index (χ4n) is 4.74. The molecule has 1 aliphatic carbocycles. The maximum atomic E-state index is 11.2. The molecule has 0 spiro atoms. The van der Waals surface area contributed by atoms with Crippen molar-refractivity contribution in [2.45, 2.75) is 39.3 Å². The molecule has 36 heavy (non-hydrogen) atoms. The number of nitrogens with zero attached hydrogens (tertiary/aromatic N) is 3. The van der Waals surface area contributed by atoms with Crippen molar-refractivity contribution in [1.29, 1.82) is 0 Å². The topological polar surface area (TPSA) is 88.7 Å². The first-order chi connectivity index (χ1) is 17.3. The Morgan fingerprint density at radius 1 is 1.19 bits per heavy atom. The highest BCUT2D eigenvalue weighted by Crippen LogP contribution is 2.44. The molecule has 4 rings (SSSR count). The van der Waals surface area contributed by atoms with Gasteiger partial charge in [-0.1, -0.05) is 78.8 Å². The second-order valence-electron chi connectivity index (χ2n) is 9.80. The number of carboxylic acid groups (broad SMARTS) is 1. The summed E-state index contributed by atoms with van der Waals surface area (Å²) in [6, 6.07) is 18.3. The molecule has 1 aromatic heterocycles. The standard InChI is InChI=1S/C29H33N3O4/c1-20(2)32(18-26(33)34)17-21-9-8-12-23(15-21)27-30-28(36-31-27)24-13-14-25(22-10-6-5-7-11-22)29(3,16-24)19-35-4/h5-16,20,25H,17-19H2,1-4H3,(H,33,34). The van der Waals surface area contributed by atoms with Crippen LogP contribution < -0.4 is 0 Å². The molecular formula is C29H33N3O4. The molecule has 0 radical (unpaired) electrons. The average molecular weight is 488 g/mol. The Bertz CT molecular complexity index is 1250. The molecule has 2 aromatic carbocycles. The summed E-state index contributed by atoms with van der Waals surface area (Å²) in [5.74, 6) is 0.270. The van der Waals surface area contributed by atoms with Crippen LogP contribution in [0.2, 0.25) is 0 Å². The Balaban J connectivity index is 1.58. The predicted octanol–water partition coefficient (Wildman–Crippen LogP) is 5.42. The van der Waals surface area contributed by atoms with E-state index in [1.165, 1.54) is 5.56 Å². The van der Waals surface area contributed by atoms with Crippen LogP contribution in [0.5, 0.6) is 0 Å².